The van der Waals surface area contributed by atoms with Gasteiger partial charge in [0.25, 0.3) is 0 Å². The van der Waals surface area contributed by atoms with E-state index in [0.29, 0.717) is 11.8 Å². The third-order valence-corrected chi connectivity index (χ3v) is 6.44. The molecule has 0 amide bonds. The Morgan fingerprint density at radius 3 is 1.35 bits per heavy atom. The summed E-state index contributed by atoms with van der Waals surface area (Å²) in [6, 6.07) is 0. The van der Waals surface area contributed by atoms with E-state index in [1.807, 2.05) is 0 Å². The highest BCUT2D eigenvalue weighted by Crippen LogP contribution is 2.39. The fraction of sp³-hybridized carbons (Fsp3) is 1.00. The first kappa shape index (κ1) is 15.3. The third-order valence-electron chi connectivity index (χ3n) is 6.44. The van der Waals surface area contributed by atoms with E-state index in [1.54, 1.807) is 13.8 Å². The first-order valence-corrected chi connectivity index (χ1v) is 10.5. The highest BCUT2D eigenvalue weighted by Gasteiger charge is 2.25. The van der Waals surface area contributed by atoms with Crippen LogP contribution in [0.25, 0.3) is 0 Å². The SMILES string of the molecule is CCC1(C)CCCC1.[2H]C([2H])(C)C1CCCC1.[2H]C([2H])(C)C1CCCCC1. The zero-order valence-corrected chi connectivity index (χ0v) is 16.6. The van der Waals surface area contributed by atoms with E-state index >= 15 is 0 Å². The minimum Gasteiger partial charge on any atom is -0.0651 e. The molecule has 23 heavy (non-hydrogen) atoms. The normalized spacial score (nSPS) is 28.3. The maximum absolute atomic E-state index is 7.49. The van der Waals surface area contributed by atoms with Crippen LogP contribution >= 0.6 is 0 Å². The van der Waals surface area contributed by atoms with Crippen molar-refractivity contribution in [1.82, 2.24) is 0 Å². The Morgan fingerprint density at radius 1 is 0.696 bits per heavy atom. The molecule has 3 aliphatic rings. The molecular formula is C23H46. The van der Waals surface area contributed by atoms with E-state index in [2.05, 4.69) is 13.8 Å². The molecule has 0 N–H and O–H groups in total. The van der Waals surface area contributed by atoms with Gasteiger partial charge in [-0.2, -0.15) is 0 Å². The van der Waals surface area contributed by atoms with E-state index in [-0.39, 0.29) is 0 Å². The van der Waals surface area contributed by atoms with Gasteiger partial charge in [-0.1, -0.05) is 117 Å². The van der Waals surface area contributed by atoms with E-state index in [4.69, 9.17) is 5.48 Å². The summed E-state index contributed by atoms with van der Waals surface area (Å²) in [7, 11) is 0. The van der Waals surface area contributed by atoms with Crippen LogP contribution in [0.5, 0.6) is 0 Å². The molecule has 0 nitrogen and oxygen atoms in total. The summed E-state index contributed by atoms with van der Waals surface area (Å²) >= 11 is 0. The smallest absolute Gasteiger partial charge is 0.0267 e. The molecule has 0 aliphatic heterocycles. The highest BCUT2D eigenvalue weighted by atomic mass is 14.3. The van der Waals surface area contributed by atoms with Gasteiger partial charge in [0.05, 0.1) is 0 Å². The Morgan fingerprint density at radius 2 is 1.09 bits per heavy atom. The second-order valence-electron chi connectivity index (χ2n) is 8.26. The first-order chi connectivity index (χ1) is 12.5. The summed E-state index contributed by atoms with van der Waals surface area (Å²) in [5.74, 6) is 0.679. The number of hydrogen-bond acceptors (Lipinski definition) is 0. The molecule has 3 rings (SSSR count). The van der Waals surface area contributed by atoms with Gasteiger partial charge in [0.15, 0.2) is 0 Å². The second kappa shape index (κ2) is 12.4. The van der Waals surface area contributed by atoms with Crippen molar-refractivity contribution in [2.75, 3.05) is 0 Å². The molecule has 0 spiro atoms. The summed E-state index contributed by atoms with van der Waals surface area (Å²) in [4.78, 5) is 0. The van der Waals surface area contributed by atoms with Gasteiger partial charge >= 0.3 is 0 Å². The second-order valence-corrected chi connectivity index (χ2v) is 8.26. The lowest BCUT2D eigenvalue weighted by Gasteiger charge is -2.19. The van der Waals surface area contributed by atoms with Gasteiger partial charge in [0, 0.05) is 5.48 Å². The summed E-state index contributed by atoms with van der Waals surface area (Å²) in [6.07, 6.45) is 16.1. The monoisotopic (exact) mass is 326 g/mol. The van der Waals surface area contributed by atoms with Crippen LogP contribution in [0.3, 0.4) is 0 Å². The van der Waals surface area contributed by atoms with Crippen LogP contribution in [-0.4, -0.2) is 0 Å². The Kier molecular flexibility index (Phi) is 8.22. The van der Waals surface area contributed by atoms with Crippen molar-refractivity contribution in [1.29, 1.82) is 0 Å². The van der Waals surface area contributed by atoms with Gasteiger partial charge in [-0.15, -0.1) is 0 Å². The molecule has 3 aliphatic carbocycles. The summed E-state index contributed by atoms with van der Waals surface area (Å²) in [5, 5.41) is 0. The van der Waals surface area contributed by atoms with E-state index < -0.39 is 12.7 Å². The minimum absolute atomic E-state index is 0.334. The third kappa shape index (κ3) is 9.16. The molecule has 138 valence electrons. The van der Waals surface area contributed by atoms with E-state index in [0.717, 1.165) is 31.1 Å². The summed E-state index contributed by atoms with van der Waals surface area (Å²) in [5.41, 5.74) is 0.736. The molecule has 0 radical (unpaired) electrons. The predicted octanol–water partition coefficient (Wildman–Crippen LogP) is 8.54. The van der Waals surface area contributed by atoms with Gasteiger partial charge in [-0.25, -0.2) is 0 Å². The van der Waals surface area contributed by atoms with Crippen molar-refractivity contribution < 1.29 is 5.48 Å². The lowest BCUT2D eigenvalue weighted by atomic mass is 9.86. The van der Waals surface area contributed by atoms with Crippen LogP contribution in [-0.2, 0) is 0 Å². The Hall–Kier alpha value is 0. The largest absolute Gasteiger partial charge is 0.0651 e. The molecule has 0 aromatic rings. The maximum atomic E-state index is 7.49. The molecule has 0 atom stereocenters. The summed E-state index contributed by atoms with van der Waals surface area (Å²) < 4.78 is 29.8. The fourth-order valence-corrected chi connectivity index (χ4v) is 4.19. The Balaban J connectivity index is 0.000000204. The molecule has 0 aromatic heterocycles. The highest BCUT2D eigenvalue weighted by molar-refractivity contribution is 4.78. The van der Waals surface area contributed by atoms with Gasteiger partial charge < -0.3 is 0 Å². The zero-order valence-electron chi connectivity index (χ0n) is 20.6. The van der Waals surface area contributed by atoms with Crippen LogP contribution < -0.4 is 0 Å². The first-order valence-electron chi connectivity index (χ1n) is 12.5. The number of hydrogen-bond donors (Lipinski definition) is 0. The van der Waals surface area contributed by atoms with Crippen molar-refractivity contribution in [2.24, 2.45) is 17.3 Å². The molecular weight excluding hydrogens is 276 g/mol. The van der Waals surface area contributed by atoms with Crippen molar-refractivity contribution >= 4 is 0 Å². The van der Waals surface area contributed by atoms with E-state index in [9.17, 15) is 0 Å². The van der Waals surface area contributed by atoms with Crippen molar-refractivity contribution in [3.8, 4) is 0 Å². The predicted molar refractivity (Wildman–Crippen MR) is 106 cm³/mol. The molecule has 0 heterocycles. The standard InChI is InChI=1S/2C8H16.C7H14/c1-3-8(2)6-4-5-7-8;1-2-8-6-4-3-5-7-8;1-2-7-5-3-4-6-7/h3-7H2,1-2H3;8H,2-7H2,1H3;7H,2-6H2,1H3/i;2*2D2. The lowest BCUT2D eigenvalue weighted by molar-refractivity contribution is 0.323. The molecule has 3 saturated carbocycles. The average molecular weight is 327 g/mol. The minimum atomic E-state index is -0.930. The Bertz CT molecular complexity index is 376. The molecule has 3 fully saturated rings. The fourth-order valence-electron chi connectivity index (χ4n) is 4.19. The van der Waals surface area contributed by atoms with Gasteiger partial charge in [-0.05, 0) is 30.1 Å². The van der Waals surface area contributed by atoms with Crippen molar-refractivity contribution in [2.45, 2.75) is 130 Å². The molecule has 0 unspecified atom stereocenters. The van der Waals surface area contributed by atoms with E-state index in [1.165, 1.54) is 64.2 Å². The molecule has 0 bridgehead atoms. The van der Waals surface area contributed by atoms with Crippen LogP contribution in [0.2, 0.25) is 0 Å². The van der Waals surface area contributed by atoms with Gasteiger partial charge in [0.2, 0.25) is 0 Å². The van der Waals surface area contributed by atoms with Crippen LogP contribution in [0, 0.1) is 17.3 Å². The topological polar surface area (TPSA) is 0 Å². The van der Waals surface area contributed by atoms with Gasteiger partial charge in [0.1, 0.15) is 0 Å². The Labute approximate surface area is 153 Å². The zero-order chi connectivity index (χ0) is 20.6. The van der Waals surface area contributed by atoms with Crippen molar-refractivity contribution in [3.63, 3.8) is 0 Å². The van der Waals surface area contributed by atoms with Gasteiger partial charge in [-0.3, -0.25) is 0 Å². The van der Waals surface area contributed by atoms with Crippen LogP contribution in [0.1, 0.15) is 136 Å². The maximum Gasteiger partial charge on any atom is 0.0267 e. The quantitative estimate of drug-likeness (QED) is 0.487. The molecule has 0 saturated heterocycles. The molecule has 0 heteroatoms. The molecule has 0 aromatic carbocycles. The number of rotatable bonds is 3. The lowest BCUT2D eigenvalue weighted by Crippen LogP contribution is -2.07. The van der Waals surface area contributed by atoms with Crippen LogP contribution in [0.4, 0.5) is 0 Å². The van der Waals surface area contributed by atoms with Crippen molar-refractivity contribution in [3.05, 3.63) is 0 Å². The summed E-state index contributed by atoms with van der Waals surface area (Å²) in [6.45, 7) is 8.14. The average Bonchev–Trinajstić information content (AvgIpc) is 3.28. The van der Waals surface area contributed by atoms with Crippen LogP contribution in [0.15, 0.2) is 0 Å².